The van der Waals surface area contributed by atoms with E-state index in [1.54, 1.807) is 24.3 Å². The van der Waals surface area contributed by atoms with E-state index < -0.39 is 0 Å². The van der Waals surface area contributed by atoms with Gasteiger partial charge in [-0.05, 0) is 18.6 Å². The zero-order chi connectivity index (χ0) is 36.4. The van der Waals surface area contributed by atoms with Gasteiger partial charge >= 0.3 is 5.97 Å². The van der Waals surface area contributed by atoms with Crippen molar-refractivity contribution < 1.29 is 56.9 Å². The summed E-state index contributed by atoms with van der Waals surface area (Å²) in [6.07, 6.45) is 13.4. The lowest BCUT2D eigenvalue weighted by Crippen LogP contribution is -2.15. The molecule has 0 atom stereocenters. The maximum Gasteiger partial charge on any atom is 0.338 e. The molecular weight excluding hydrogens is 660 g/mol. The van der Waals surface area contributed by atoms with Crippen LogP contribution in [0.1, 0.15) is 81.5 Å². The molecule has 0 N–H and O–H groups in total. The van der Waals surface area contributed by atoms with Crippen LogP contribution >= 0.6 is 0 Å². The molecule has 0 aliphatic heterocycles. The summed E-state index contributed by atoms with van der Waals surface area (Å²) in [7, 11) is 0. The molecule has 12 heteroatoms. The van der Waals surface area contributed by atoms with Gasteiger partial charge in [0.1, 0.15) is 6.61 Å². The Balaban J connectivity index is 1.62. The van der Waals surface area contributed by atoms with E-state index in [-0.39, 0.29) is 12.6 Å². The summed E-state index contributed by atoms with van der Waals surface area (Å²) in [5.41, 5.74) is 0.528. The molecule has 0 spiro atoms. The van der Waals surface area contributed by atoms with E-state index in [4.69, 9.17) is 52.1 Å². The van der Waals surface area contributed by atoms with Crippen molar-refractivity contribution in [3.8, 4) is 0 Å². The minimum atomic E-state index is -0.353. The van der Waals surface area contributed by atoms with Gasteiger partial charge < -0.3 is 52.1 Å². The minimum Gasteiger partial charge on any atom is -0.460 e. The quantitative estimate of drug-likeness (QED) is 0.0586. The van der Waals surface area contributed by atoms with E-state index in [1.165, 1.54) is 57.8 Å². The summed E-state index contributed by atoms with van der Waals surface area (Å²) >= 11 is 0. The third-order valence-corrected chi connectivity index (χ3v) is 7.46. The SMILES string of the molecule is CCCCCCCCCCCCOCCOCCOCCOCCOCCOCCOCCOCCOCCOCCOC(=O)c1ccccc1. The van der Waals surface area contributed by atoms with E-state index in [0.717, 1.165) is 13.0 Å². The highest BCUT2D eigenvalue weighted by Gasteiger charge is 2.05. The fourth-order valence-corrected chi connectivity index (χ4v) is 4.62. The van der Waals surface area contributed by atoms with Crippen LogP contribution in [-0.2, 0) is 52.1 Å². The first-order valence-electron chi connectivity index (χ1n) is 19.3. The van der Waals surface area contributed by atoms with Gasteiger partial charge in [0, 0.05) is 6.61 Å². The minimum absolute atomic E-state index is 0.205. The number of unbranched alkanes of at least 4 members (excludes halogenated alkanes) is 9. The molecule has 0 aliphatic carbocycles. The van der Waals surface area contributed by atoms with Gasteiger partial charge in [-0.1, -0.05) is 82.9 Å². The van der Waals surface area contributed by atoms with Gasteiger partial charge in [-0.15, -0.1) is 0 Å². The summed E-state index contributed by atoms with van der Waals surface area (Å²) in [6, 6.07) is 8.87. The van der Waals surface area contributed by atoms with Crippen LogP contribution in [0.2, 0.25) is 0 Å². The highest BCUT2D eigenvalue weighted by atomic mass is 16.6. The van der Waals surface area contributed by atoms with Gasteiger partial charge in [0.15, 0.2) is 0 Å². The van der Waals surface area contributed by atoms with Crippen LogP contribution in [0.15, 0.2) is 30.3 Å². The van der Waals surface area contributed by atoms with Crippen molar-refractivity contribution in [3.63, 3.8) is 0 Å². The molecule has 0 unspecified atom stereocenters. The van der Waals surface area contributed by atoms with Crippen molar-refractivity contribution in [2.75, 3.05) is 139 Å². The summed E-state index contributed by atoms with van der Waals surface area (Å²) in [5, 5.41) is 0. The van der Waals surface area contributed by atoms with E-state index in [0.29, 0.717) is 131 Å². The molecule has 298 valence electrons. The molecule has 0 heterocycles. The van der Waals surface area contributed by atoms with Gasteiger partial charge in [-0.2, -0.15) is 0 Å². The lowest BCUT2D eigenvalue weighted by atomic mass is 10.1. The van der Waals surface area contributed by atoms with Crippen LogP contribution in [0.25, 0.3) is 0 Å². The van der Waals surface area contributed by atoms with Crippen molar-refractivity contribution in [3.05, 3.63) is 35.9 Å². The Morgan fingerprint density at radius 1 is 0.353 bits per heavy atom. The van der Waals surface area contributed by atoms with Crippen molar-refractivity contribution in [1.82, 2.24) is 0 Å². The molecule has 12 nitrogen and oxygen atoms in total. The van der Waals surface area contributed by atoms with Gasteiger partial charge in [-0.25, -0.2) is 4.79 Å². The first-order valence-corrected chi connectivity index (χ1v) is 19.3. The lowest BCUT2D eigenvalue weighted by molar-refractivity contribution is -0.0271. The molecule has 51 heavy (non-hydrogen) atoms. The highest BCUT2D eigenvalue weighted by molar-refractivity contribution is 5.89. The second kappa shape index (κ2) is 41.1. The zero-order valence-corrected chi connectivity index (χ0v) is 31.7. The Morgan fingerprint density at radius 2 is 0.627 bits per heavy atom. The lowest BCUT2D eigenvalue weighted by Gasteiger charge is -2.09. The Labute approximate surface area is 308 Å². The molecule has 0 saturated heterocycles. The van der Waals surface area contributed by atoms with E-state index in [2.05, 4.69) is 6.92 Å². The molecule has 0 amide bonds. The van der Waals surface area contributed by atoms with Crippen LogP contribution in [0.4, 0.5) is 0 Å². The van der Waals surface area contributed by atoms with Gasteiger partial charge in [0.2, 0.25) is 0 Å². The maximum absolute atomic E-state index is 11.8. The topological polar surface area (TPSA) is 119 Å². The maximum atomic E-state index is 11.8. The van der Waals surface area contributed by atoms with E-state index in [9.17, 15) is 4.79 Å². The number of hydrogen-bond donors (Lipinski definition) is 0. The normalized spacial score (nSPS) is 11.4. The Kier molecular flexibility index (Phi) is 38.1. The first-order chi connectivity index (χ1) is 25.3. The average Bonchev–Trinajstić information content (AvgIpc) is 3.15. The number of rotatable bonds is 42. The monoisotopic (exact) mass is 730 g/mol. The largest absolute Gasteiger partial charge is 0.460 e. The molecule has 1 aromatic carbocycles. The highest BCUT2D eigenvalue weighted by Crippen LogP contribution is 2.10. The second-order valence-electron chi connectivity index (χ2n) is 11.8. The molecule has 1 aromatic rings. The molecule has 0 bridgehead atoms. The number of hydrogen-bond acceptors (Lipinski definition) is 12. The predicted molar refractivity (Wildman–Crippen MR) is 197 cm³/mol. The molecule has 0 saturated carbocycles. The molecule has 0 radical (unpaired) electrons. The molecule has 1 rings (SSSR count). The van der Waals surface area contributed by atoms with Crippen LogP contribution in [0.3, 0.4) is 0 Å². The second-order valence-corrected chi connectivity index (χ2v) is 11.8. The molecule has 0 aliphatic rings. The molecule has 0 aromatic heterocycles. The number of carbonyl (C=O) groups excluding carboxylic acids is 1. The smallest absolute Gasteiger partial charge is 0.338 e. The standard InChI is InChI=1S/C39H70O12/c1-2-3-4-5-6-7-8-9-10-14-17-41-18-19-42-20-21-43-22-23-44-24-25-45-26-27-46-28-29-47-30-31-48-32-33-49-34-35-50-36-37-51-39(40)38-15-12-11-13-16-38/h11-13,15-16H,2-10,14,17-37H2,1H3. The molecule has 0 fully saturated rings. The van der Waals surface area contributed by atoms with Crippen molar-refractivity contribution in [1.29, 1.82) is 0 Å². The fourth-order valence-electron chi connectivity index (χ4n) is 4.62. The van der Waals surface area contributed by atoms with Crippen molar-refractivity contribution in [2.24, 2.45) is 0 Å². The van der Waals surface area contributed by atoms with Crippen LogP contribution in [0.5, 0.6) is 0 Å². The number of ether oxygens (including phenoxy) is 11. The summed E-state index contributed by atoms with van der Waals surface area (Å²) in [4.78, 5) is 11.8. The summed E-state index contributed by atoms with van der Waals surface area (Å²) < 4.78 is 60.2. The number of esters is 1. The van der Waals surface area contributed by atoms with Crippen LogP contribution in [0, 0.1) is 0 Å². The van der Waals surface area contributed by atoms with Gasteiger partial charge in [0.05, 0.1) is 131 Å². The number of benzene rings is 1. The van der Waals surface area contributed by atoms with Crippen LogP contribution in [-0.4, -0.2) is 145 Å². The third-order valence-electron chi connectivity index (χ3n) is 7.46. The Morgan fingerprint density at radius 3 is 0.961 bits per heavy atom. The fraction of sp³-hybridized carbons (Fsp3) is 0.821. The predicted octanol–water partition coefficient (Wildman–Crippen LogP) is 5.93. The molecular formula is C39H70O12. The zero-order valence-electron chi connectivity index (χ0n) is 31.7. The Bertz CT molecular complexity index is 817. The van der Waals surface area contributed by atoms with Gasteiger partial charge in [0.25, 0.3) is 0 Å². The number of carbonyl (C=O) groups is 1. The van der Waals surface area contributed by atoms with Crippen LogP contribution < -0.4 is 0 Å². The first kappa shape index (κ1) is 47.3. The van der Waals surface area contributed by atoms with Gasteiger partial charge in [-0.3, -0.25) is 0 Å². The Hall–Kier alpha value is -1.71. The van der Waals surface area contributed by atoms with Crippen molar-refractivity contribution in [2.45, 2.75) is 71.1 Å². The summed E-state index contributed by atoms with van der Waals surface area (Å²) in [6.45, 7) is 12.9. The average molecular weight is 731 g/mol. The van der Waals surface area contributed by atoms with Crippen molar-refractivity contribution >= 4 is 5.97 Å². The summed E-state index contributed by atoms with van der Waals surface area (Å²) in [5.74, 6) is -0.353. The van der Waals surface area contributed by atoms with E-state index >= 15 is 0 Å². The van der Waals surface area contributed by atoms with E-state index in [1.807, 2.05) is 6.07 Å². The third kappa shape index (κ3) is 36.4.